The molecule has 1 aliphatic rings. The fraction of sp³-hybridized carbons (Fsp3) is 0.364. The fourth-order valence-corrected chi connectivity index (χ4v) is 2.93. The molecule has 0 saturated carbocycles. The largest absolute Gasteiger partial charge is 0.435 e. The Kier molecular flexibility index (Phi) is 9.80. The van der Waals surface area contributed by atoms with Crippen LogP contribution in [0.15, 0.2) is 41.5 Å². The number of rotatable bonds is 7. The summed E-state index contributed by atoms with van der Waals surface area (Å²) in [6.45, 7) is 4.63. The lowest BCUT2D eigenvalue weighted by atomic mass is 10.1. The molecule has 1 atom stereocenters. The van der Waals surface area contributed by atoms with Crippen LogP contribution in [0.3, 0.4) is 0 Å². The second-order valence-electron chi connectivity index (χ2n) is 6.65. The van der Waals surface area contributed by atoms with Crippen LogP contribution in [0.5, 0.6) is 5.75 Å². The quantitative estimate of drug-likeness (QED) is 0.470. The summed E-state index contributed by atoms with van der Waals surface area (Å²) < 4.78 is 48.5. The zero-order chi connectivity index (χ0) is 24.4. The smallest absolute Gasteiger partial charge is 0.387 e. The number of halogens is 3. The Bertz CT molecular complexity index is 983. The Morgan fingerprint density at radius 2 is 2.03 bits per heavy atom. The van der Waals surface area contributed by atoms with Crippen molar-refractivity contribution in [3.05, 3.63) is 47.9 Å². The fourth-order valence-electron chi connectivity index (χ4n) is 2.93. The third-order valence-corrected chi connectivity index (χ3v) is 4.34. The van der Waals surface area contributed by atoms with E-state index in [4.69, 9.17) is 15.9 Å². The number of hydrogen-bond donors (Lipinski definition) is 2. The highest BCUT2D eigenvalue weighted by molar-refractivity contribution is 6.15. The van der Waals surface area contributed by atoms with E-state index in [1.807, 2.05) is 25.7 Å². The molecule has 0 bridgehead atoms. The Balaban J connectivity index is 0.00000187. The number of benzene rings is 1. The molecular formula is C22H27F3N6O2. The molecule has 3 N–H and O–H groups in total. The lowest BCUT2D eigenvalue weighted by Gasteiger charge is -2.31. The molecule has 1 aromatic carbocycles. The van der Waals surface area contributed by atoms with Gasteiger partial charge in [-0.3, -0.25) is 0 Å². The number of nitrogens with one attached hydrogen (secondary N) is 1. The maximum atomic E-state index is 14.2. The van der Waals surface area contributed by atoms with Gasteiger partial charge in [-0.15, -0.1) is 0 Å². The van der Waals surface area contributed by atoms with E-state index in [1.54, 1.807) is 0 Å². The first-order valence-corrected chi connectivity index (χ1v) is 10.4. The standard InChI is InChI=1S/C20H21F3N6O2.C2H6/c1-12-11-29(6-7-30-12)20-26-10-16(21)18(28-20)27-17(25)8-14(9-24)13-2-4-15(5-3-13)31-19(22)23;1-2/h2-5,8-10,12,19,24H,6-7,11H2,1H3,(H2,25,26,27,28);1-2H3/b14-8+,24-9?;. The predicted molar refractivity (Wildman–Crippen MR) is 122 cm³/mol. The monoisotopic (exact) mass is 464 g/mol. The van der Waals surface area contributed by atoms with Crippen LogP contribution in [-0.2, 0) is 4.74 Å². The molecule has 1 saturated heterocycles. The SMILES string of the molecule is CC.CC1CN(c2ncc(F)c(N=C(N)/C=C(\C=N)c3ccc(OC(F)F)cc3)n2)CCO1. The van der Waals surface area contributed by atoms with Crippen molar-refractivity contribution in [3.8, 4) is 5.75 Å². The van der Waals surface area contributed by atoms with Gasteiger partial charge in [-0.1, -0.05) is 26.0 Å². The number of nitrogens with zero attached hydrogens (tertiary/aromatic N) is 4. The van der Waals surface area contributed by atoms with E-state index in [0.29, 0.717) is 36.8 Å². The molecule has 1 fully saturated rings. The topological polar surface area (TPSA) is 110 Å². The minimum Gasteiger partial charge on any atom is -0.435 e. The summed E-state index contributed by atoms with van der Waals surface area (Å²) in [5.41, 5.74) is 6.77. The van der Waals surface area contributed by atoms with Gasteiger partial charge >= 0.3 is 6.61 Å². The Morgan fingerprint density at radius 1 is 1.33 bits per heavy atom. The molecule has 1 unspecified atom stereocenters. The van der Waals surface area contributed by atoms with E-state index in [1.165, 1.54) is 30.3 Å². The maximum Gasteiger partial charge on any atom is 0.387 e. The maximum absolute atomic E-state index is 14.2. The van der Waals surface area contributed by atoms with Crippen molar-refractivity contribution in [2.24, 2.45) is 10.7 Å². The summed E-state index contributed by atoms with van der Waals surface area (Å²) in [5, 5.41) is 7.59. The van der Waals surface area contributed by atoms with Crippen LogP contribution in [0.2, 0.25) is 0 Å². The van der Waals surface area contributed by atoms with Gasteiger partial charge in [0.1, 0.15) is 11.6 Å². The molecular weight excluding hydrogens is 437 g/mol. The van der Waals surface area contributed by atoms with Crippen molar-refractivity contribution in [1.29, 1.82) is 5.41 Å². The molecule has 2 heterocycles. The van der Waals surface area contributed by atoms with E-state index in [0.717, 1.165) is 12.4 Å². The molecule has 0 aliphatic carbocycles. The van der Waals surface area contributed by atoms with Crippen LogP contribution in [0.1, 0.15) is 26.3 Å². The number of nitrogens with two attached hydrogens (primary N) is 1. The molecule has 0 spiro atoms. The Morgan fingerprint density at radius 3 is 2.64 bits per heavy atom. The van der Waals surface area contributed by atoms with Crippen LogP contribution in [0, 0.1) is 11.2 Å². The predicted octanol–water partition coefficient (Wildman–Crippen LogP) is 4.19. The van der Waals surface area contributed by atoms with Gasteiger partial charge in [0, 0.05) is 24.9 Å². The number of alkyl halides is 2. The normalized spacial score (nSPS) is 16.8. The molecule has 178 valence electrons. The highest BCUT2D eigenvalue weighted by Gasteiger charge is 2.20. The number of anilines is 1. The number of morpholine rings is 1. The number of amidine groups is 1. The lowest BCUT2D eigenvalue weighted by Crippen LogP contribution is -2.42. The highest BCUT2D eigenvalue weighted by atomic mass is 19.3. The molecule has 2 aromatic rings. The van der Waals surface area contributed by atoms with Crippen LogP contribution in [0.25, 0.3) is 5.57 Å². The summed E-state index contributed by atoms with van der Waals surface area (Å²) in [7, 11) is 0. The third-order valence-electron chi connectivity index (χ3n) is 4.34. The minimum atomic E-state index is -2.93. The van der Waals surface area contributed by atoms with Crippen LogP contribution in [-0.4, -0.2) is 54.4 Å². The first-order chi connectivity index (χ1) is 15.9. The van der Waals surface area contributed by atoms with E-state index >= 15 is 0 Å². The zero-order valence-corrected chi connectivity index (χ0v) is 18.6. The van der Waals surface area contributed by atoms with Crippen LogP contribution in [0.4, 0.5) is 24.9 Å². The second kappa shape index (κ2) is 12.5. The Hall–Kier alpha value is -3.47. The Labute approximate surface area is 190 Å². The van der Waals surface area contributed by atoms with Crippen LogP contribution >= 0.6 is 0 Å². The van der Waals surface area contributed by atoms with Gasteiger partial charge in [0.15, 0.2) is 11.6 Å². The average Bonchev–Trinajstić information content (AvgIpc) is 2.80. The molecule has 0 amide bonds. The van der Waals surface area contributed by atoms with Crippen molar-refractivity contribution in [2.75, 3.05) is 24.6 Å². The van der Waals surface area contributed by atoms with Gasteiger partial charge in [-0.25, -0.2) is 14.4 Å². The van der Waals surface area contributed by atoms with Crippen molar-refractivity contribution in [3.63, 3.8) is 0 Å². The van der Waals surface area contributed by atoms with Gasteiger partial charge in [0.2, 0.25) is 5.95 Å². The van der Waals surface area contributed by atoms with Crippen molar-refractivity contribution >= 4 is 29.4 Å². The van der Waals surface area contributed by atoms with Crippen molar-refractivity contribution < 1.29 is 22.6 Å². The second-order valence-corrected chi connectivity index (χ2v) is 6.65. The number of ether oxygens (including phenoxy) is 2. The number of allylic oxidation sites excluding steroid dienone is 1. The number of aliphatic imine (C=N–C) groups is 1. The van der Waals surface area contributed by atoms with Crippen LogP contribution < -0.4 is 15.4 Å². The van der Waals surface area contributed by atoms with E-state index in [2.05, 4.69) is 19.7 Å². The minimum absolute atomic E-state index is 0.00464. The zero-order valence-electron chi connectivity index (χ0n) is 18.6. The highest BCUT2D eigenvalue weighted by Crippen LogP contribution is 2.21. The first-order valence-electron chi connectivity index (χ1n) is 10.4. The summed E-state index contributed by atoms with van der Waals surface area (Å²) >= 11 is 0. The molecule has 1 aliphatic heterocycles. The van der Waals surface area contributed by atoms with E-state index in [9.17, 15) is 13.2 Å². The van der Waals surface area contributed by atoms with Gasteiger partial charge in [-0.05, 0) is 30.7 Å². The van der Waals surface area contributed by atoms with E-state index < -0.39 is 12.4 Å². The van der Waals surface area contributed by atoms with Crippen molar-refractivity contribution in [1.82, 2.24) is 9.97 Å². The third kappa shape index (κ3) is 7.56. The van der Waals surface area contributed by atoms with Crippen molar-refractivity contribution in [2.45, 2.75) is 33.5 Å². The van der Waals surface area contributed by atoms with E-state index in [-0.39, 0.29) is 23.5 Å². The molecule has 3 rings (SSSR count). The molecule has 0 radical (unpaired) electrons. The lowest BCUT2D eigenvalue weighted by molar-refractivity contribution is -0.0498. The number of hydrogen-bond acceptors (Lipinski definition) is 7. The molecule has 11 heteroatoms. The van der Waals surface area contributed by atoms with Gasteiger partial charge in [0.25, 0.3) is 0 Å². The molecule has 8 nitrogen and oxygen atoms in total. The van der Waals surface area contributed by atoms with Gasteiger partial charge in [-0.2, -0.15) is 13.8 Å². The summed E-state index contributed by atoms with van der Waals surface area (Å²) in [6, 6.07) is 5.66. The van der Waals surface area contributed by atoms with Gasteiger partial charge in [0.05, 0.1) is 18.9 Å². The van der Waals surface area contributed by atoms with Gasteiger partial charge < -0.3 is 25.5 Å². The summed E-state index contributed by atoms with van der Waals surface area (Å²) in [5.74, 6) is -0.772. The molecule has 33 heavy (non-hydrogen) atoms. The summed E-state index contributed by atoms with van der Waals surface area (Å²) in [6.07, 6.45) is 3.39. The average molecular weight is 464 g/mol. The first kappa shape index (κ1) is 25.8. The molecule has 1 aromatic heterocycles. The number of aromatic nitrogens is 2. The summed E-state index contributed by atoms with van der Waals surface area (Å²) in [4.78, 5) is 14.0.